The van der Waals surface area contributed by atoms with E-state index in [9.17, 15) is 18.3 Å². The van der Waals surface area contributed by atoms with Crippen molar-refractivity contribution in [2.75, 3.05) is 18.5 Å². The van der Waals surface area contributed by atoms with E-state index in [0.717, 1.165) is 12.1 Å². The van der Waals surface area contributed by atoms with Gasteiger partial charge in [-0.15, -0.1) is 0 Å². The smallest absolute Gasteiger partial charge is 0.389 e. The van der Waals surface area contributed by atoms with Crippen LogP contribution in [0, 0.1) is 0 Å². The molecule has 0 bridgehead atoms. The number of aliphatic hydroxyl groups excluding tert-OH is 1. The largest absolute Gasteiger partial charge is 0.416 e. The summed E-state index contributed by atoms with van der Waals surface area (Å²) in [4.78, 5) is 4.20. The first kappa shape index (κ1) is 13.8. The summed E-state index contributed by atoms with van der Waals surface area (Å²) >= 11 is 0. The topological polar surface area (TPSA) is 67.5 Å². The van der Waals surface area contributed by atoms with E-state index < -0.39 is 17.8 Å². The van der Waals surface area contributed by atoms with E-state index in [-0.39, 0.29) is 18.8 Å². The van der Waals surface area contributed by atoms with E-state index in [4.69, 9.17) is 5.90 Å². The van der Waals surface area contributed by atoms with Crippen LogP contribution in [0.1, 0.15) is 5.56 Å². The van der Waals surface area contributed by atoms with Crippen LogP contribution in [0.5, 0.6) is 0 Å². The Morgan fingerprint density at radius 1 is 1.41 bits per heavy atom. The summed E-state index contributed by atoms with van der Waals surface area (Å²) in [5, 5.41) is 11.9. The van der Waals surface area contributed by atoms with Crippen LogP contribution < -0.4 is 11.2 Å². The van der Waals surface area contributed by atoms with Gasteiger partial charge in [0, 0.05) is 12.2 Å². The molecule has 0 amide bonds. The average Bonchev–Trinajstić information content (AvgIpc) is 2.26. The normalized spacial score (nSPS) is 13.5. The standard InChI is InChI=1S/C10H13F3N2O2/c11-10(12,13)7-2-1-3-8(4-7)15-5-9(16)6-17-14/h1-4,9,15-16H,5-6,14H2. The second-order valence-electron chi connectivity index (χ2n) is 3.45. The van der Waals surface area contributed by atoms with E-state index in [1.165, 1.54) is 12.1 Å². The molecule has 0 fully saturated rings. The van der Waals surface area contributed by atoms with Crippen molar-refractivity contribution in [2.45, 2.75) is 12.3 Å². The van der Waals surface area contributed by atoms with Gasteiger partial charge in [0.25, 0.3) is 0 Å². The van der Waals surface area contributed by atoms with Gasteiger partial charge < -0.3 is 15.3 Å². The third-order valence-corrected chi connectivity index (χ3v) is 2.02. The lowest BCUT2D eigenvalue weighted by atomic mass is 10.2. The van der Waals surface area contributed by atoms with Crippen LogP contribution in [0.15, 0.2) is 24.3 Å². The van der Waals surface area contributed by atoms with Gasteiger partial charge in [-0.25, -0.2) is 5.90 Å². The third-order valence-electron chi connectivity index (χ3n) is 2.02. The van der Waals surface area contributed by atoms with E-state index in [2.05, 4.69) is 10.2 Å². The number of halogens is 3. The maximum atomic E-state index is 12.4. The molecule has 0 aromatic heterocycles. The number of rotatable bonds is 5. The highest BCUT2D eigenvalue weighted by molar-refractivity contribution is 5.46. The molecule has 0 aliphatic heterocycles. The molecule has 4 N–H and O–H groups in total. The van der Waals surface area contributed by atoms with Gasteiger partial charge in [0.2, 0.25) is 0 Å². The molecule has 17 heavy (non-hydrogen) atoms. The predicted octanol–water partition coefficient (Wildman–Crippen LogP) is 1.37. The quantitative estimate of drug-likeness (QED) is 0.690. The monoisotopic (exact) mass is 250 g/mol. The van der Waals surface area contributed by atoms with Gasteiger partial charge in [-0.2, -0.15) is 13.2 Å². The maximum Gasteiger partial charge on any atom is 0.416 e. The molecule has 0 aliphatic carbocycles. The zero-order valence-electron chi connectivity index (χ0n) is 8.87. The minimum atomic E-state index is -4.38. The molecule has 7 heteroatoms. The van der Waals surface area contributed by atoms with Crippen molar-refractivity contribution in [2.24, 2.45) is 5.90 Å². The highest BCUT2D eigenvalue weighted by atomic mass is 19.4. The van der Waals surface area contributed by atoms with Crippen molar-refractivity contribution in [3.63, 3.8) is 0 Å². The van der Waals surface area contributed by atoms with Crippen LogP contribution in [0.2, 0.25) is 0 Å². The molecule has 0 saturated heterocycles. The predicted molar refractivity (Wildman–Crippen MR) is 56.1 cm³/mol. The number of nitrogens with one attached hydrogen (secondary N) is 1. The number of hydrogen-bond acceptors (Lipinski definition) is 4. The Morgan fingerprint density at radius 3 is 2.71 bits per heavy atom. The lowest BCUT2D eigenvalue weighted by molar-refractivity contribution is -0.137. The van der Waals surface area contributed by atoms with Crippen LogP contribution in [0.4, 0.5) is 18.9 Å². The van der Waals surface area contributed by atoms with Crippen LogP contribution >= 0.6 is 0 Å². The van der Waals surface area contributed by atoms with Crippen molar-refractivity contribution in [3.05, 3.63) is 29.8 Å². The lowest BCUT2D eigenvalue weighted by Crippen LogP contribution is -2.26. The Kier molecular flexibility index (Phi) is 4.73. The van der Waals surface area contributed by atoms with Gasteiger partial charge in [0.05, 0.1) is 18.3 Å². The highest BCUT2D eigenvalue weighted by Crippen LogP contribution is 2.30. The van der Waals surface area contributed by atoms with Gasteiger partial charge in [-0.1, -0.05) is 6.07 Å². The van der Waals surface area contributed by atoms with Crippen LogP contribution in [0.3, 0.4) is 0 Å². The molecular formula is C10H13F3N2O2. The van der Waals surface area contributed by atoms with Gasteiger partial charge in [0.1, 0.15) is 0 Å². The zero-order valence-corrected chi connectivity index (χ0v) is 8.87. The van der Waals surface area contributed by atoms with Crippen molar-refractivity contribution in [1.29, 1.82) is 0 Å². The zero-order chi connectivity index (χ0) is 12.9. The molecule has 1 rings (SSSR count). The minimum absolute atomic E-state index is 0.0541. The Balaban J connectivity index is 2.60. The van der Waals surface area contributed by atoms with E-state index >= 15 is 0 Å². The molecule has 0 radical (unpaired) electrons. The van der Waals surface area contributed by atoms with Crippen molar-refractivity contribution < 1.29 is 23.1 Å². The third kappa shape index (κ3) is 4.59. The SMILES string of the molecule is NOCC(O)CNc1cccc(C(F)(F)F)c1. The summed E-state index contributed by atoms with van der Waals surface area (Å²) in [6, 6.07) is 4.71. The lowest BCUT2D eigenvalue weighted by Gasteiger charge is -2.13. The fourth-order valence-electron chi connectivity index (χ4n) is 1.21. The molecule has 4 nitrogen and oxygen atoms in total. The summed E-state index contributed by atoms with van der Waals surface area (Å²) < 4.78 is 37.1. The van der Waals surface area contributed by atoms with E-state index in [1.54, 1.807) is 0 Å². The van der Waals surface area contributed by atoms with Gasteiger partial charge in [0.15, 0.2) is 0 Å². The molecule has 0 spiro atoms. The fourth-order valence-corrected chi connectivity index (χ4v) is 1.21. The number of anilines is 1. The first-order valence-corrected chi connectivity index (χ1v) is 4.84. The number of benzene rings is 1. The molecule has 96 valence electrons. The first-order chi connectivity index (χ1) is 7.93. The summed E-state index contributed by atoms with van der Waals surface area (Å²) in [6.45, 7) is -0.0372. The molecule has 0 aliphatic rings. The highest BCUT2D eigenvalue weighted by Gasteiger charge is 2.30. The number of hydrogen-bond donors (Lipinski definition) is 3. The van der Waals surface area contributed by atoms with Gasteiger partial charge >= 0.3 is 6.18 Å². The van der Waals surface area contributed by atoms with Crippen molar-refractivity contribution >= 4 is 5.69 Å². The molecule has 0 heterocycles. The minimum Gasteiger partial charge on any atom is -0.389 e. The maximum absolute atomic E-state index is 12.4. The molecule has 1 aromatic carbocycles. The Hall–Kier alpha value is -1.31. The summed E-state index contributed by atoms with van der Waals surface area (Å²) in [5.41, 5.74) is -0.469. The number of nitrogens with two attached hydrogens (primary N) is 1. The summed E-state index contributed by atoms with van der Waals surface area (Å²) in [6.07, 6.45) is -5.26. The number of aliphatic hydroxyl groups is 1. The summed E-state index contributed by atoms with van der Waals surface area (Å²) in [5.74, 6) is 4.74. The Bertz CT molecular complexity index is 358. The Labute approximate surface area is 96.1 Å². The molecule has 1 unspecified atom stereocenters. The summed E-state index contributed by atoms with van der Waals surface area (Å²) in [7, 11) is 0. The van der Waals surface area contributed by atoms with E-state index in [0.29, 0.717) is 0 Å². The van der Waals surface area contributed by atoms with Gasteiger partial charge in [-0.05, 0) is 18.2 Å². The molecule has 1 aromatic rings. The second kappa shape index (κ2) is 5.85. The number of alkyl halides is 3. The molecule has 1 atom stereocenters. The van der Waals surface area contributed by atoms with Crippen LogP contribution in [-0.4, -0.2) is 24.4 Å². The average molecular weight is 250 g/mol. The van der Waals surface area contributed by atoms with Crippen LogP contribution in [0.25, 0.3) is 0 Å². The molecular weight excluding hydrogens is 237 g/mol. The van der Waals surface area contributed by atoms with E-state index in [1.807, 2.05) is 0 Å². The Morgan fingerprint density at radius 2 is 2.12 bits per heavy atom. The van der Waals surface area contributed by atoms with Crippen LogP contribution in [-0.2, 0) is 11.0 Å². The fraction of sp³-hybridized carbons (Fsp3) is 0.400. The first-order valence-electron chi connectivity index (χ1n) is 4.84. The molecule has 0 saturated carbocycles. The van der Waals surface area contributed by atoms with Gasteiger partial charge in [-0.3, -0.25) is 0 Å². The van der Waals surface area contributed by atoms with Crippen molar-refractivity contribution in [3.8, 4) is 0 Å². The second-order valence-corrected chi connectivity index (χ2v) is 3.45. The van der Waals surface area contributed by atoms with Crippen molar-refractivity contribution in [1.82, 2.24) is 0 Å².